The molecule has 1 aromatic carbocycles. The van der Waals surface area contributed by atoms with Gasteiger partial charge in [0.2, 0.25) is 0 Å². The van der Waals surface area contributed by atoms with E-state index in [1.165, 1.54) is 0 Å². The van der Waals surface area contributed by atoms with E-state index in [9.17, 15) is 4.79 Å². The Kier molecular flexibility index (Phi) is 4.14. The summed E-state index contributed by atoms with van der Waals surface area (Å²) in [7, 11) is 0. The average molecular weight is 251 g/mol. The molecule has 19 heavy (non-hydrogen) atoms. The molecular formula is C17H17NO. The lowest BCUT2D eigenvalue weighted by molar-refractivity contribution is 1.03. The van der Waals surface area contributed by atoms with Gasteiger partial charge in [0.25, 0.3) is 5.56 Å². The van der Waals surface area contributed by atoms with Crippen molar-refractivity contribution in [1.29, 1.82) is 0 Å². The van der Waals surface area contributed by atoms with Crippen LogP contribution in [0.5, 0.6) is 0 Å². The number of pyridine rings is 1. The molecule has 0 aliphatic heterocycles. The van der Waals surface area contributed by atoms with Gasteiger partial charge in [0.05, 0.1) is 0 Å². The molecule has 2 nitrogen and oxygen atoms in total. The van der Waals surface area contributed by atoms with Gasteiger partial charge in [0, 0.05) is 18.0 Å². The van der Waals surface area contributed by atoms with E-state index in [1.807, 2.05) is 74.7 Å². The maximum absolute atomic E-state index is 12.0. The third-order valence-electron chi connectivity index (χ3n) is 2.93. The van der Waals surface area contributed by atoms with Crippen LogP contribution in [0.2, 0.25) is 0 Å². The molecule has 0 aliphatic carbocycles. The van der Waals surface area contributed by atoms with Crippen LogP contribution in [0.3, 0.4) is 0 Å². The lowest BCUT2D eigenvalue weighted by Gasteiger charge is -2.09. The van der Waals surface area contributed by atoms with E-state index in [1.54, 1.807) is 10.6 Å². The van der Waals surface area contributed by atoms with Crippen molar-refractivity contribution in [2.75, 3.05) is 0 Å². The quantitative estimate of drug-likeness (QED) is 0.757. The molecule has 1 heterocycles. The van der Waals surface area contributed by atoms with E-state index >= 15 is 0 Å². The number of aromatic nitrogens is 1. The number of hydrogen-bond acceptors (Lipinski definition) is 1. The molecule has 0 fully saturated rings. The van der Waals surface area contributed by atoms with Gasteiger partial charge < -0.3 is 0 Å². The monoisotopic (exact) mass is 251 g/mol. The van der Waals surface area contributed by atoms with Crippen LogP contribution in [-0.4, -0.2) is 4.57 Å². The molecule has 0 bridgehead atoms. The third-order valence-corrected chi connectivity index (χ3v) is 2.93. The smallest absolute Gasteiger partial charge is 0.255 e. The third kappa shape index (κ3) is 2.91. The average Bonchev–Trinajstić information content (AvgIpc) is 2.46. The SMILES string of the molecule is CC=CC(=CC)n1cc(-c2ccccc2)ccc1=O. The fourth-order valence-corrected chi connectivity index (χ4v) is 1.98. The predicted molar refractivity (Wildman–Crippen MR) is 80.9 cm³/mol. The Bertz CT molecular complexity index is 663. The zero-order valence-electron chi connectivity index (χ0n) is 11.2. The van der Waals surface area contributed by atoms with Crippen molar-refractivity contribution >= 4 is 5.70 Å². The first-order valence-corrected chi connectivity index (χ1v) is 6.33. The van der Waals surface area contributed by atoms with Crippen molar-refractivity contribution in [3.8, 4) is 11.1 Å². The number of rotatable bonds is 3. The van der Waals surface area contributed by atoms with Crippen LogP contribution in [0.25, 0.3) is 16.8 Å². The number of allylic oxidation sites excluding steroid dienone is 4. The fraction of sp³-hybridized carbons (Fsp3) is 0.118. The minimum atomic E-state index is -0.0223. The lowest BCUT2D eigenvalue weighted by atomic mass is 10.1. The first-order chi connectivity index (χ1) is 9.26. The second kappa shape index (κ2) is 6.01. The highest BCUT2D eigenvalue weighted by Crippen LogP contribution is 2.18. The predicted octanol–water partition coefficient (Wildman–Crippen LogP) is 3.95. The summed E-state index contributed by atoms with van der Waals surface area (Å²) in [6.07, 6.45) is 7.66. The second-order valence-electron chi connectivity index (χ2n) is 4.21. The van der Waals surface area contributed by atoms with E-state index < -0.39 is 0 Å². The summed E-state index contributed by atoms with van der Waals surface area (Å²) in [5.74, 6) is 0. The van der Waals surface area contributed by atoms with Crippen LogP contribution in [-0.2, 0) is 0 Å². The van der Waals surface area contributed by atoms with Gasteiger partial charge in [-0.25, -0.2) is 0 Å². The zero-order chi connectivity index (χ0) is 13.7. The minimum Gasteiger partial charge on any atom is -0.284 e. The molecule has 2 aromatic rings. The molecule has 0 saturated heterocycles. The van der Waals surface area contributed by atoms with Crippen LogP contribution in [0.15, 0.2) is 71.7 Å². The number of nitrogens with zero attached hydrogens (tertiary/aromatic N) is 1. The van der Waals surface area contributed by atoms with Crippen molar-refractivity contribution in [2.24, 2.45) is 0 Å². The molecular weight excluding hydrogens is 234 g/mol. The molecule has 0 spiro atoms. The Morgan fingerprint density at radius 2 is 1.74 bits per heavy atom. The largest absolute Gasteiger partial charge is 0.284 e. The van der Waals surface area contributed by atoms with Gasteiger partial charge in [-0.2, -0.15) is 0 Å². The van der Waals surface area contributed by atoms with Gasteiger partial charge in [-0.3, -0.25) is 9.36 Å². The number of hydrogen-bond donors (Lipinski definition) is 0. The Labute approximate surface area is 113 Å². The minimum absolute atomic E-state index is 0.0223. The van der Waals surface area contributed by atoms with Gasteiger partial charge >= 0.3 is 0 Å². The first-order valence-electron chi connectivity index (χ1n) is 6.33. The van der Waals surface area contributed by atoms with Crippen LogP contribution in [0, 0.1) is 0 Å². The Morgan fingerprint density at radius 1 is 1.00 bits per heavy atom. The second-order valence-corrected chi connectivity index (χ2v) is 4.21. The Balaban J connectivity index is 2.55. The molecule has 0 N–H and O–H groups in total. The molecule has 1 aromatic heterocycles. The van der Waals surface area contributed by atoms with Gasteiger partial charge in [-0.15, -0.1) is 0 Å². The maximum atomic E-state index is 12.0. The van der Waals surface area contributed by atoms with Crippen LogP contribution >= 0.6 is 0 Å². The van der Waals surface area contributed by atoms with E-state index in [0.717, 1.165) is 16.8 Å². The molecule has 0 saturated carbocycles. The summed E-state index contributed by atoms with van der Waals surface area (Å²) in [4.78, 5) is 12.0. The van der Waals surface area contributed by atoms with Gasteiger partial charge in [-0.1, -0.05) is 42.5 Å². The maximum Gasteiger partial charge on any atom is 0.255 e. The number of benzene rings is 1. The van der Waals surface area contributed by atoms with E-state index in [0.29, 0.717) is 0 Å². The lowest BCUT2D eigenvalue weighted by Crippen LogP contribution is -2.16. The zero-order valence-corrected chi connectivity index (χ0v) is 11.2. The van der Waals surface area contributed by atoms with Crippen LogP contribution in [0.1, 0.15) is 13.8 Å². The summed E-state index contributed by atoms with van der Waals surface area (Å²) in [5.41, 5.74) is 2.99. The molecule has 0 radical (unpaired) electrons. The van der Waals surface area contributed by atoms with Crippen molar-refractivity contribution in [3.05, 3.63) is 77.2 Å². The van der Waals surface area contributed by atoms with Gasteiger partial charge in [-0.05, 0) is 37.1 Å². The highest BCUT2D eigenvalue weighted by Gasteiger charge is 2.02. The highest BCUT2D eigenvalue weighted by atomic mass is 16.1. The van der Waals surface area contributed by atoms with Gasteiger partial charge in [0.15, 0.2) is 0 Å². The standard InChI is InChI=1S/C17H17NO/c1-3-8-16(4-2)18-13-15(11-12-17(18)19)14-9-6-5-7-10-14/h3-13H,1-2H3. The summed E-state index contributed by atoms with van der Waals surface area (Å²) in [5, 5.41) is 0. The van der Waals surface area contributed by atoms with Crippen LogP contribution in [0.4, 0.5) is 0 Å². The molecule has 0 aliphatic rings. The molecule has 0 atom stereocenters. The topological polar surface area (TPSA) is 22.0 Å². The Hall–Kier alpha value is -2.35. The Morgan fingerprint density at radius 3 is 2.37 bits per heavy atom. The van der Waals surface area contributed by atoms with E-state index in [4.69, 9.17) is 0 Å². The normalized spacial score (nSPS) is 12.0. The molecule has 0 amide bonds. The van der Waals surface area contributed by atoms with Gasteiger partial charge in [0.1, 0.15) is 0 Å². The molecule has 2 heteroatoms. The molecule has 0 unspecified atom stereocenters. The van der Waals surface area contributed by atoms with Crippen LogP contribution < -0.4 is 5.56 Å². The van der Waals surface area contributed by atoms with E-state index in [2.05, 4.69) is 0 Å². The summed E-state index contributed by atoms with van der Waals surface area (Å²) in [6, 6.07) is 13.5. The summed E-state index contributed by atoms with van der Waals surface area (Å²) < 4.78 is 1.67. The van der Waals surface area contributed by atoms with Crippen molar-refractivity contribution in [3.63, 3.8) is 0 Å². The fourth-order valence-electron chi connectivity index (χ4n) is 1.98. The van der Waals surface area contributed by atoms with Crippen molar-refractivity contribution in [1.82, 2.24) is 4.57 Å². The summed E-state index contributed by atoms with van der Waals surface area (Å²) >= 11 is 0. The molecule has 2 rings (SSSR count). The van der Waals surface area contributed by atoms with Crippen molar-refractivity contribution in [2.45, 2.75) is 13.8 Å². The van der Waals surface area contributed by atoms with Crippen molar-refractivity contribution < 1.29 is 0 Å². The first kappa shape index (κ1) is 13.1. The highest BCUT2D eigenvalue weighted by molar-refractivity contribution is 5.65. The summed E-state index contributed by atoms with van der Waals surface area (Å²) in [6.45, 7) is 3.87. The van der Waals surface area contributed by atoms with E-state index in [-0.39, 0.29) is 5.56 Å². The molecule has 96 valence electrons.